The molecule has 0 saturated heterocycles. The first-order chi connectivity index (χ1) is 10.3. The van der Waals surface area contributed by atoms with Crippen LogP contribution in [0.15, 0.2) is 29.6 Å². The lowest BCUT2D eigenvalue weighted by Crippen LogP contribution is -2.16. The Morgan fingerprint density at radius 3 is 3.05 bits per heavy atom. The zero-order valence-corrected chi connectivity index (χ0v) is 12.2. The van der Waals surface area contributed by atoms with Crippen LogP contribution in [-0.4, -0.2) is 23.6 Å². The lowest BCUT2D eigenvalue weighted by molar-refractivity contribution is 0.628. The Morgan fingerprint density at radius 2 is 2.19 bits per heavy atom. The lowest BCUT2D eigenvalue weighted by atomic mass is 10.2. The number of thiophene rings is 1. The van der Waals surface area contributed by atoms with Crippen molar-refractivity contribution in [3.8, 4) is 0 Å². The van der Waals surface area contributed by atoms with Gasteiger partial charge in [-0.3, -0.25) is 0 Å². The van der Waals surface area contributed by atoms with E-state index in [4.69, 9.17) is 0 Å². The van der Waals surface area contributed by atoms with Crippen LogP contribution in [0.3, 0.4) is 0 Å². The van der Waals surface area contributed by atoms with Crippen molar-refractivity contribution < 1.29 is 4.39 Å². The van der Waals surface area contributed by atoms with Gasteiger partial charge in [0.15, 0.2) is 0 Å². The van der Waals surface area contributed by atoms with Crippen LogP contribution >= 0.6 is 11.3 Å². The smallest absolute Gasteiger partial charge is 0.225 e. The third-order valence-electron chi connectivity index (χ3n) is 3.73. The second-order valence-electron chi connectivity index (χ2n) is 4.93. The van der Waals surface area contributed by atoms with Crippen molar-refractivity contribution >= 4 is 39.0 Å². The second-order valence-corrected chi connectivity index (χ2v) is 5.83. The molecule has 0 radical (unpaired) electrons. The summed E-state index contributed by atoms with van der Waals surface area (Å²) >= 11 is 1.58. The molecule has 0 saturated carbocycles. The van der Waals surface area contributed by atoms with E-state index in [1.807, 2.05) is 17.5 Å². The number of hydrogen-bond donors (Lipinski definition) is 1. The van der Waals surface area contributed by atoms with Crippen LogP contribution in [0.25, 0.3) is 10.2 Å². The van der Waals surface area contributed by atoms with Crippen LogP contribution < -0.4 is 10.2 Å². The predicted molar refractivity (Wildman–Crippen MR) is 84.1 cm³/mol. The topological polar surface area (TPSA) is 41.1 Å². The van der Waals surface area contributed by atoms with Gasteiger partial charge in [-0.05, 0) is 35.6 Å². The number of fused-ring (bicyclic) bond motifs is 2. The summed E-state index contributed by atoms with van der Waals surface area (Å²) in [5.74, 6) is 1.21. The normalized spacial score (nSPS) is 13.7. The van der Waals surface area contributed by atoms with Gasteiger partial charge in [0.2, 0.25) is 5.95 Å². The molecule has 0 atom stereocenters. The highest BCUT2D eigenvalue weighted by atomic mass is 32.1. The summed E-state index contributed by atoms with van der Waals surface area (Å²) in [7, 11) is 1.80. The highest BCUT2D eigenvalue weighted by molar-refractivity contribution is 7.16. The average Bonchev–Trinajstić information content (AvgIpc) is 3.11. The molecule has 106 valence electrons. The van der Waals surface area contributed by atoms with Gasteiger partial charge >= 0.3 is 0 Å². The van der Waals surface area contributed by atoms with Gasteiger partial charge < -0.3 is 10.2 Å². The first-order valence-corrected chi connectivity index (χ1v) is 7.63. The average molecular weight is 300 g/mol. The van der Waals surface area contributed by atoms with E-state index in [0.717, 1.165) is 40.3 Å². The van der Waals surface area contributed by atoms with Crippen LogP contribution in [0.4, 0.5) is 21.8 Å². The fourth-order valence-corrected chi connectivity index (χ4v) is 3.49. The Hall–Kier alpha value is -2.21. The Balaban J connectivity index is 1.92. The van der Waals surface area contributed by atoms with Crippen LogP contribution in [-0.2, 0) is 6.42 Å². The number of rotatable bonds is 2. The lowest BCUT2D eigenvalue weighted by Gasteiger charge is -2.19. The van der Waals surface area contributed by atoms with E-state index in [0.29, 0.717) is 5.95 Å². The van der Waals surface area contributed by atoms with Gasteiger partial charge in [0.05, 0.1) is 5.39 Å². The molecule has 1 N–H and O–H groups in total. The van der Waals surface area contributed by atoms with Crippen molar-refractivity contribution in [3.05, 3.63) is 41.0 Å². The minimum absolute atomic E-state index is 0.217. The molecule has 0 fully saturated rings. The standard InChI is InChI=1S/C15H13FN4S/c1-17-15-18-13(11-5-7-21-14(11)19-15)20-6-4-9-2-3-10(16)8-12(9)20/h2-3,5,7-8H,4,6H2,1H3,(H,17,18,19). The maximum atomic E-state index is 13.6. The van der Waals surface area contributed by atoms with E-state index < -0.39 is 0 Å². The molecule has 21 heavy (non-hydrogen) atoms. The van der Waals surface area contributed by atoms with Gasteiger partial charge in [-0.2, -0.15) is 4.98 Å². The van der Waals surface area contributed by atoms with Crippen LogP contribution in [0.1, 0.15) is 5.56 Å². The molecule has 0 aliphatic carbocycles. The maximum absolute atomic E-state index is 13.6. The van der Waals surface area contributed by atoms with E-state index in [9.17, 15) is 4.39 Å². The van der Waals surface area contributed by atoms with Gasteiger partial charge in [0.1, 0.15) is 16.5 Å². The zero-order valence-electron chi connectivity index (χ0n) is 11.4. The molecular weight excluding hydrogens is 287 g/mol. The zero-order chi connectivity index (χ0) is 14.4. The second kappa shape index (κ2) is 4.66. The van der Waals surface area contributed by atoms with Gasteiger partial charge in [0, 0.05) is 19.3 Å². The summed E-state index contributed by atoms with van der Waals surface area (Å²) in [6.45, 7) is 0.809. The van der Waals surface area contributed by atoms with Crippen molar-refractivity contribution in [2.45, 2.75) is 6.42 Å². The van der Waals surface area contributed by atoms with E-state index >= 15 is 0 Å². The molecule has 0 spiro atoms. The highest BCUT2D eigenvalue weighted by Gasteiger charge is 2.24. The quantitative estimate of drug-likeness (QED) is 0.785. The summed E-state index contributed by atoms with van der Waals surface area (Å²) in [6, 6.07) is 6.98. The molecule has 1 aliphatic rings. The monoisotopic (exact) mass is 300 g/mol. The molecule has 1 aromatic carbocycles. The van der Waals surface area contributed by atoms with Crippen molar-refractivity contribution in [2.24, 2.45) is 0 Å². The number of nitrogens with zero attached hydrogens (tertiary/aromatic N) is 3. The van der Waals surface area contributed by atoms with E-state index in [2.05, 4.69) is 20.2 Å². The number of benzene rings is 1. The largest absolute Gasteiger partial charge is 0.357 e. The third kappa shape index (κ3) is 1.94. The van der Waals surface area contributed by atoms with Crippen molar-refractivity contribution in [2.75, 3.05) is 23.8 Å². The molecule has 3 aromatic rings. The van der Waals surface area contributed by atoms with Gasteiger partial charge in [-0.1, -0.05) is 6.07 Å². The minimum Gasteiger partial charge on any atom is -0.357 e. The maximum Gasteiger partial charge on any atom is 0.225 e. The van der Waals surface area contributed by atoms with Gasteiger partial charge in [-0.15, -0.1) is 11.3 Å². The Kier molecular flexibility index (Phi) is 2.78. The van der Waals surface area contributed by atoms with Gasteiger partial charge in [0.25, 0.3) is 0 Å². The molecule has 0 unspecified atom stereocenters. The molecule has 3 heterocycles. The Bertz CT molecular complexity index is 830. The van der Waals surface area contributed by atoms with E-state index in [1.54, 1.807) is 24.5 Å². The van der Waals surface area contributed by atoms with Gasteiger partial charge in [-0.25, -0.2) is 9.37 Å². The first kappa shape index (κ1) is 12.5. The summed E-state index contributed by atoms with van der Waals surface area (Å²) in [5.41, 5.74) is 2.06. The van der Waals surface area contributed by atoms with Crippen molar-refractivity contribution in [1.29, 1.82) is 0 Å². The number of anilines is 3. The fraction of sp³-hybridized carbons (Fsp3) is 0.200. The van der Waals surface area contributed by atoms with Crippen molar-refractivity contribution in [1.82, 2.24) is 9.97 Å². The molecule has 4 rings (SSSR count). The molecule has 0 bridgehead atoms. The van der Waals surface area contributed by atoms with Crippen LogP contribution in [0, 0.1) is 5.82 Å². The van der Waals surface area contributed by atoms with E-state index in [-0.39, 0.29) is 5.82 Å². The minimum atomic E-state index is -0.217. The van der Waals surface area contributed by atoms with Crippen LogP contribution in [0.5, 0.6) is 0 Å². The van der Waals surface area contributed by atoms with Crippen LogP contribution in [0.2, 0.25) is 0 Å². The first-order valence-electron chi connectivity index (χ1n) is 6.75. The summed E-state index contributed by atoms with van der Waals surface area (Å²) < 4.78 is 13.6. The SMILES string of the molecule is CNc1nc(N2CCc3ccc(F)cc32)c2ccsc2n1. The van der Waals surface area contributed by atoms with E-state index in [1.165, 1.54) is 6.07 Å². The predicted octanol–water partition coefficient (Wildman–Crippen LogP) is 3.57. The molecule has 4 nitrogen and oxygen atoms in total. The molecule has 1 aliphatic heterocycles. The number of aromatic nitrogens is 2. The molecule has 2 aromatic heterocycles. The highest BCUT2D eigenvalue weighted by Crippen LogP contribution is 2.38. The molecule has 0 amide bonds. The number of nitrogens with one attached hydrogen (secondary N) is 1. The number of hydrogen-bond acceptors (Lipinski definition) is 5. The summed E-state index contributed by atoms with van der Waals surface area (Å²) in [4.78, 5) is 12.1. The summed E-state index contributed by atoms with van der Waals surface area (Å²) in [6.07, 6.45) is 0.903. The Morgan fingerprint density at radius 1 is 1.29 bits per heavy atom. The summed E-state index contributed by atoms with van der Waals surface area (Å²) in [5, 5.41) is 6.01. The molecule has 6 heteroatoms. The third-order valence-corrected chi connectivity index (χ3v) is 4.53. The fourth-order valence-electron chi connectivity index (χ4n) is 2.73. The van der Waals surface area contributed by atoms with Crippen molar-refractivity contribution in [3.63, 3.8) is 0 Å². The molecular formula is C15H13FN4S. The Labute approximate surface area is 125 Å². The number of halogens is 1.